The number of aromatic nitrogens is 3. The SMILES string of the molecule is CC(=O)c1cccc(NC(=O)[C@H](C)Sc2nnc(-c3ccc(F)cc3)n2Cc2ccccc2)c1. The van der Waals surface area contributed by atoms with Crippen LogP contribution in [0.2, 0.25) is 0 Å². The van der Waals surface area contributed by atoms with Crippen LogP contribution < -0.4 is 5.32 Å². The van der Waals surface area contributed by atoms with E-state index in [0.717, 1.165) is 11.1 Å². The molecular weight excluding hydrogens is 451 g/mol. The van der Waals surface area contributed by atoms with E-state index in [-0.39, 0.29) is 17.5 Å². The normalized spacial score (nSPS) is 11.7. The summed E-state index contributed by atoms with van der Waals surface area (Å²) in [6, 6.07) is 22.8. The van der Waals surface area contributed by atoms with Crippen LogP contribution in [0.1, 0.15) is 29.8 Å². The van der Waals surface area contributed by atoms with Gasteiger partial charge < -0.3 is 5.32 Å². The summed E-state index contributed by atoms with van der Waals surface area (Å²) in [5.41, 5.74) is 2.87. The first-order valence-electron chi connectivity index (χ1n) is 10.7. The fraction of sp³-hybridized carbons (Fsp3) is 0.154. The van der Waals surface area contributed by atoms with Crippen molar-refractivity contribution in [3.8, 4) is 11.4 Å². The summed E-state index contributed by atoms with van der Waals surface area (Å²) in [5.74, 6) is -0.0242. The second-order valence-corrected chi connectivity index (χ2v) is 9.08. The van der Waals surface area contributed by atoms with Gasteiger partial charge in [-0.25, -0.2) is 4.39 Å². The predicted molar refractivity (Wildman–Crippen MR) is 131 cm³/mol. The fourth-order valence-electron chi connectivity index (χ4n) is 3.37. The second-order valence-electron chi connectivity index (χ2n) is 7.77. The minimum absolute atomic E-state index is 0.0686. The molecule has 1 amide bonds. The number of hydrogen-bond donors (Lipinski definition) is 1. The van der Waals surface area contributed by atoms with Crippen molar-refractivity contribution in [3.05, 3.63) is 95.8 Å². The van der Waals surface area contributed by atoms with E-state index in [0.29, 0.717) is 28.8 Å². The first-order valence-corrected chi connectivity index (χ1v) is 11.6. The maximum atomic E-state index is 13.5. The molecule has 8 heteroatoms. The van der Waals surface area contributed by atoms with Crippen LogP contribution in [0, 0.1) is 5.82 Å². The molecule has 3 aromatic carbocycles. The molecule has 0 aliphatic heterocycles. The van der Waals surface area contributed by atoms with Gasteiger partial charge in [0.05, 0.1) is 11.8 Å². The molecule has 4 aromatic rings. The first-order chi connectivity index (χ1) is 16.4. The topological polar surface area (TPSA) is 76.9 Å². The summed E-state index contributed by atoms with van der Waals surface area (Å²) in [7, 11) is 0. The van der Waals surface area contributed by atoms with Crippen LogP contribution in [0.5, 0.6) is 0 Å². The van der Waals surface area contributed by atoms with Gasteiger partial charge in [-0.1, -0.05) is 54.2 Å². The number of Topliss-reactive ketones (excluding diaryl/α,β-unsaturated/α-hetero) is 1. The third-order valence-corrected chi connectivity index (χ3v) is 6.27. The van der Waals surface area contributed by atoms with Crippen molar-refractivity contribution in [2.45, 2.75) is 30.8 Å². The van der Waals surface area contributed by atoms with Crippen molar-refractivity contribution in [3.63, 3.8) is 0 Å². The molecule has 6 nitrogen and oxygen atoms in total. The Morgan fingerprint density at radius 1 is 1.00 bits per heavy atom. The Kier molecular flexibility index (Phi) is 7.18. The smallest absolute Gasteiger partial charge is 0.237 e. The Balaban J connectivity index is 1.58. The van der Waals surface area contributed by atoms with Crippen LogP contribution in [0.15, 0.2) is 84.0 Å². The molecule has 0 saturated heterocycles. The van der Waals surface area contributed by atoms with Gasteiger partial charge >= 0.3 is 0 Å². The van der Waals surface area contributed by atoms with Crippen molar-refractivity contribution in [2.75, 3.05) is 5.32 Å². The number of ketones is 1. The number of hydrogen-bond acceptors (Lipinski definition) is 5. The highest BCUT2D eigenvalue weighted by Crippen LogP contribution is 2.28. The van der Waals surface area contributed by atoms with Crippen molar-refractivity contribution in [1.82, 2.24) is 14.8 Å². The molecular formula is C26H23FN4O2S. The zero-order valence-electron chi connectivity index (χ0n) is 18.7. The Labute approximate surface area is 201 Å². The van der Waals surface area contributed by atoms with Crippen LogP contribution in [0.4, 0.5) is 10.1 Å². The van der Waals surface area contributed by atoms with E-state index in [1.807, 2.05) is 34.9 Å². The fourth-order valence-corrected chi connectivity index (χ4v) is 4.22. The van der Waals surface area contributed by atoms with Crippen LogP contribution in [0.3, 0.4) is 0 Å². The van der Waals surface area contributed by atoms with Crippen molar-refractivity contribution >= 4 is 29.1 Å². The third-order valence-electron chi connectivity index (χ3n) is 5.19. The Hall–Kier alpha value is -3.78. The lowest BCUT2D eigenvalue weighted by Gasteiger charge is -2.14. The highest BCUT2D eigenvalue weighted by Gasteiger charge is 2.21. The van der Waals surface area contributed by atoms with Crippen LogP contribution >= 0.6 is 11.8 Å². The summed E-state index contributed by atoms with van der Waals surface area (Å²) >= 11 is 1.28. The van der Waals surface area contributed by atoms with Gasteiger partial charge in [-0.3, -0.25) is 14.2 Å². The first kappa shape index (κ1) is 23.4. The molecule has 1 atom stereocenters. The number of benzene rings is 3. The van der Waals surface area contributed by atoms with Gasteiger partial charge in [0.15, 0.2) is 16.8 Å². The van der Waals surface area contributed by atoms with E-state index in [1.54, 1.807) is 43.3 Å². The molecule has 1 N–H and O–H groups in total. The van der Waals surface area contributed by atoms with E-state index >= 15 is 0 Å². The molecule has 0 aliphatic rings. The monoisotopic (exact) mass is 474 g/mol. The average molecular weight is 475 g/mol. The summed E-state index contributed by atoms with van der Waals surface area (Å²) in [5, 5.41) is 11.6. The lowest BCUT2D eigenvalue weighted by Crippen LogP contribution is -2.23. The molecule has 0 fully saturated rings. The van der Waals surface area contributed by atoms with E-state index in [1.165, 1.54) is 30.8 Å². The maximum absolute atomic E-state index is 13.5. The number of amides is 1. The Bertz CT molecular complexity index is 1310. The molecule has 172 valence electrons. The van der Waals surface area contributed by atoms with Gasteiger partial charge in [0.25, 0.3) is 0 Å². The number of halogens is 1. The van der Waals surface area contributed by atoms with Gasteiger partial charge in [-0.05, 0) is 55.8 Å². The number of nitrogens with one attached hydrogen (secondary N) is 1. The lowest BCUT2D eigenvalue weighted by molar-refractivity contribution is -0.115. The largest absolute Gasteiger partial charge is 0.325 e. The van der Waals surface area contributed by atoms with Crippen molar-refractivity contribution in [1.29, 1.82) is 0 Å². The number of nitrogens with zero attached hydrogens (tertiary/aromatic N) is 3. The van der Waals surface area contributed by atoms with Crippen molar-refractivity contribution in [2.24, 2.45) is 0 Å². The number of anilines is 1. The van der Waals surface area contributed by atoms with Crippen molar-refractivity contribution < 1.29 is 14.0 Å². The van der Waals surface area contributed by atoms with E-state index in [4.69, 9.17) is 0 Å². The quantitative estimate of drug-likeness (QED) is 0.271. The number of thioether (sulfide) groups is 1. The standard InChI is InChI=1S/C26H23FN4O2S/c1-17(32)21-9-6-10-23(15-21)28-25(33)18(2)34-26-30-29-24(20-11-13-22(27)14-12-20)31(26)16-19-7-4-3-5-8-19/h3-15,18H,16H2,1-2H3,(H,28,33)/t18-/m0/s1. The maximum Gasteiger partial charge on any atom is 0.237 e. The van der Waals surface area contributed by atoms with Gasteiger partial charge in [0, 0.05) is 16.8 Å². The molecule has 0 saturated carbocycles. The molecule has 0 aliphatic carbocycles. The summed E-state index contributed by atoms with van der Waals surface area (Å²) < 4.78 is 15.4. The van der Waals surface area contributed by atoms with Gasteiger partial charge in [0.2, 0.25) is 5.91 Å². The zero-order valence-corrected chi connectivity index (χ0v) is 19.6. The molecule has 4 rings (SSSR count). The molecule has 1 aromatic heterocycles. The number of carbonyl (C=O) groups excluding carboxylic acids is 2. The average Bonchev–Trinajstić information content (AvgIpc) is 3.22. The summed E-state index contributed by atoms with van der Waals surface area (Å²) in [6.07, 6.45) is 0. The minimum Gasteiger partial charge on any atom is -0.325 e. The molecule has 0 bridgehead atoms. The van der Waals surface area contributed by atoms with Crippen LogP contribution in [-0.4, -0.2) is 31.7 Å². The van der Waals surface area contributed by atoms with E-state index in [9.17, 15) is 14.0 Å². The number of carbonyl (C=O) groups is 2. The zero-order chi connectivity index (χ0) is 24.1. The summed E-state index contributed by atoms with van der Waals surface area (Å²) in [6.45, 7) is 3.77. The Morgan fingerprint density at radius 2 is 1.74 bits per heavy atom. The highest BCUT2D eigenvalue weighted by atomic mass is 32.2. The van der Waals surface area contributed by atoms with E-state index in [2.05, 4.69) is 15.5 Å². The van der Waals surface area contributed by atoms with Crippen LogP contribution in [-0.2, 0) is 11.3 Å². The van der Waals surface area contributed by atoms with Gasteiger partial charge in [-0.2, -0.15) is 0 Å². The van der Waals surface area contributed by atoms with Crippen LogP contribution in [0.25, 0.3) is 11.4 Å². The third kappa shape index (κ3) is 5.58. The molecule has 0 unspecified atom stereocenters. The molecule has 34 heavy (non-hydrogen) atoms. The molecule has 0 spiro atoms. The van der Waals surface area contributed by atoms with E-state index < -0.39 is 5.25 Å². The second kappa shape index (κ2) is 10.4. The molecule has 0 radical (unpaired) electrons. The Morgan fingerprint density at radius 3 is 2.44 bits per heavy atom. The molecule has 1 heterocycles. The van der Waals surface area contributed by atoms with Gasteiger partial charge in [-0.15, -0.1) is 10.2 Å². The number of rotatable bonds is 8. The van der Waals surface area contributed by atoms with Gasteiger partial charge in [0.1, 0.15) is 5.82 Å². The lowest BCUT2D eigenvalue weighted by atomic mass is 10.1. The highest BCUT2D eigenvalue weighted by molar-refractivity contribution is 8.00. The predicted octanol–water partition coefficient (Wildman–Crippen LogP) is 5.45. The summed E-state index contributed by atoms with van der Waals surface area (Å²) in [4.78, 5) is 24.5. The minimum atomic E-state index is -0.485.